The number of amides is 1. The van der Waals surface area contributed by atoms with Gasteiger partial charge in [0.05, 0.1) is 5.69 Å². The molecule has 2 aromatic rings. The Bertz CT molecular complexity index is 597. The average molecular weight is 331 g/mol. The van der Waals surface area contributed by atoms with Gasteiger partial charge in [-0.3, -0.25) is 4.79 Å². The molecule has 2 aromatic carbocycles. The molecule has 0 radical (unpaired) electrons. The summed E-state index contributed by atoms with van der Waals surface area (Å²) in [7, 11) is 0. The van der Waals surface area contributed by atoms with Gasteiger partial charge in [-0.1, -0.05) is 65.1 Å². The highest BCUT2D eigenvalue weighted by Crippen LogP contribution is 2.32. The number of carbonyl (C=O) groups is 1. The first kappa shape index (κ1) is 15.0. The van der Waals surface area contributed by atoms with Crippen molar-refractivity contribution < 1.29 is 9.53 Å². The van der Waals surface area contributed by atoms with Gasteiger partial charge >= 0.3 is 0 Å². The normalized spacial score (nSPS) is 10.9. The molecule has 0 saturated heterocycles. The topological polar surface area (TPSA) is 38.3 Å². The molecule has 2 rings (SSSR count). The zero-order valence-electron chi connectivity index (χ0n) is 10.1. The van der Waals surface area contributed by atoms with Crippen LogP contribution in [0.2, 0.25) is 0 Å². The summed E-state index contributed by atoms with van der Waals surface area (Å²) in [6, 6.07) is 16.1. The molecule has 0 spiro atoms. The SMILES string of the molecule is O=C(Nc1ccccc1Oc1ccccc1)C(Cl)(Cl)Cl. The Kier molecular flexibility index (Phi) is 4.76. The van der Waals surface area contributed by atoms with Crippen LogP contribution in [0.5, 0.6) is 11.5 Å². The lowest BCUT2D eigenvalue weighted by molar-refractivity contribution is -0.115. The van der Waals surface area contributed by atoms with E-state index in [1.807, 2.05) is 18.2 Å². The van der Waals surface area contributed by atoms with Crippen LogP contribution in [-0.4, -0.2) is 9.70 Å². The highest BCUT2D eigenvalue weighted by atomic mass is 35.6. The molecule has 0 bridgehead atoms. The van der Waals surface area contributed by atoms with Gasteiger partial charge < -0.3 is 10.1 Å². The Hall–Kier alpha value is -1.42. The predicted octanol–water partition coefficient (Wildman–Crippen LogP) is 4.79. The third-order valence-electron chi connectivity index (χ3n) is 2.36. The van der Waals surface area contributed by atoms with Crippen LogP contribution in [0.25, 0.3) is 0 Å². The van der Waals surface area contributed by atoms with E-state index >= 15 is 0 Å². The van der Waals surface area contributed by atoms with Gasteiger partial charge in [0.2, 0.25) is 0 Å². The summed E-state index contributed by atoms with van der Waals surface area (Å²) in [5.74, 6) is 0.357. The summed E-state index contributed by atoms with van der Waals surface area (Å²) in [4.78, 5) is 11.7. The molecule has 1 amide bonds. The summed E-state index contributed by atoms with van der Waals surface area (Å²) in [6.07, 6.45) is 0. The number of benzene rings is 2. The van der Waals surface area contributed by atoms with Gasteiger partial charge in [-0.25, -0.2) is 0 Å². The fourth-order valence-corrected chi connectivity index (χ4v) is 1.61. The molecule has 0 fully saturated rings. The van der Waals surface area contributed by atoms with Crippen LogP contribution in [0.3, 0.4) is 0 Å². The van der Waals surface area contributed by atoms with Gasteiger partial charge in [0.1, 0.15) is 5.75 Å². The fraction of sp³-hybridized carbons (Fsp3) is 0.0714. The number of anilines is 1. The summed E-state index contributed by atoms with van der Waals surface area (Å²) >= 11 is 16.6. The quantitative estimate of drug-likeness (QED) is 0.822. The van der Waals surface area contributed by atoms with Crippen LogP contribution < -0.4 is 10.1 Å². The number of rotatable bonds is 3. The predicted molar refractivity (Wildman–Crippen MR) is 81.9 cm³/mol. The Labute approximate surface area is 131 Å². The molecule has 0 aromatic heterocycles. The molecule has 0 saturated carbocycles. The molecule has 20 heavy (non-hydrogen) atoms. The maximum atomic E-state index is 11.7. The first-order valence-electron chi connectivity index (χ1n) is 5.67. The largest absolute Gasteiger partial charge is 0.455 e. The van der Waals surface area contributed by atoms with Crippen molar-refractivity contribution >= 4 is 46.4 Å². The lowest BCUT2D eigenvalue weighted by Gasteiger charge is -2.15. The molecular formula is C14H10Cl3NO2. The summed E-state index contributed by atoms with van der Waals surface area (Å²) in [5, 5.41) is 2.51. The maximum Gasteiger partial charge on any atom is 0.276 e. The number of hydrogen-bond donors (Lipinski definition) is 1. The van der Waals surface area contributed by atoms with Crippen molar-refractivity contribution in [3.05, 3.63) is 54.6 Å². The standard InChI is InChI=1S/C14H10Cl3NO2/c15-14(16,17)13(19)18-11-8-4-5-9-12(11)20-10-6-2-1-3-7-10/h1-9H,(H,18,19). The average Bonchev–Trinajstić information content (AvgIpc) is 2.41. The Morgan fingerprint density at radius 2 is 1.55 bits per heavy atom. The van der Waals surface area contributed by atoms with E-state index in [1.165, 1.54) is 0 Å². The van der Waals surface area contributed by atoms with Crippen molar-refractivity contribution in [1.82, 2.24) is 0 Å². The molecule has 0 aliphatic rings. The molecule has 0 unspecified atom stereocenters. The van der Waals surface area contributed by atoms with E-state index in [1.54, 1.807) is 36.4 Å². The summed E-state index contributed by atoms with van der Waals surface area (Å²) < 4.78 is 3.65. The van der Waals surface area contributed by atoms with Crippen molar-refractivity contribution in [2.45, 2.75) is 3.79 Å². The highest BCUT2D eigenvalue weighted by molar-refractivity contribution is 6.76. The van der Waals surface area contributed by atoms with E-state index in [4.69, 9.17) is 39.5 Å². The molecule has 3 nitrogen and oxygen atoms in total. The highest BCUT2D eigenvalue weighted by Gasteiger charge is 2.31. The zero-order valence-corrected chi connectivity index (χ0v) is 12.4. The molecule has 0 aliphatic carbocycles. The number of halogens is 3. The van der Waals surface area contributed by atoms with Crippen LogP contribution in [0.1, 0.15) is 0 Å². The first-order chi connectivity index (χ1) is 9.47. The monoisotopic (exact) mass is 329 g/mol. The Morgan fingerprint density at radius 3 is 2.20 bits per heavy atom. The van der Waals surface area contributed by atoms with Crippen molar-refractivity contribution in [2.75, 3.05) is 5.32 Å². The van der Waals surface area contributed by atoms with Crippen molar-refractivity contribution in [3.8, 4) is 11.5 Å². The minimum atomic E-state index is -2.03. The van der Waals surface area contributed by atoms with Gasteiger partial charge in [0, 0.05) is 0 Å². The minimum Gasteiger partial charge on any atom is -0.455 e. The van der Waals surface area contributed by atoms with Crippen molar-refractivity contribution in [3.63, 3.8) is 0 Å². The van der Waals surface area contributed by atoms with Crippen molar-refractivity contribution in [2.24, 2.45) is 0 Å². The van der Waals surface area contributed by atoms with E-state index < -0.39 is 9.70 Å². The third kappa shape index (κ3) is 4.04. The van der Waals surface area contributed by atoms with Crippen LogP contribution in [0.4, 0.5) is 5.69 Å². The number of ether oxygens (including phenoxy) is 1. The second-order valence-corrected chi connectivity index (χ2v) is 6.14. The van der Waals surface area contributed by atoms with E-state index in [-0.39, 0.29) is 0 Å². The Balaban J connectivity index is 2.21. The summed E-state index contributed by atoms with van der Waals surface area (Å²) in [5.41, 5.74) is 0.424. The maximum absolute atomic E-state index is 11.7. The van der Waals surface area contributed by atoms with Gasteiger partial charge in [-0.2, -0.15) is 0 Å². The second kappa shape index (κ2) is 6.35. The third-order valence-corrected chi connectivity index (χ3v) is 2.88. The zero-order chi connectivity index (χ0) is 14.6. The van der Waals surface area contributed by atoms with Gasteiger partial charge in [-0.15, -0.1) is 0 Å². The number of carbonyl (C=O) groups excluding carboxylic acids is 1. The second-order valence-electron chi connectivity index (χ2n) is 3.86. The van der Waals surface area contributed by atoms with E-state index in [2.05, 4.69) is 5.32 Å². The Morgan fingerprint density at radius 1 is 0.950 bits per heavy atom. The van der Waals surface area contributed by atoms with Gasteiger partial charge in [-0.05, 0) is 24.3 Å². The molecule has 6 heteroatoms. The van der Waals surface area contributed by atoms with E-state index in [0.29, 0.717) is 17.2 Å². The van der Waals surface area contributed by atoms with Gasteiger partial charge in [0.15, 0.2) is 5.75 Å². The summed E-state index contributed by atoms with van der Waals surface area (Å²) in [6.45, 7) is 0. The molecule has 0 atom stereocenters. The van der Waals surface area contributed by atoms with Crippen LogP contribution in [-0.2, 0) is 4.79 Å². The van der Waals surface area contributed by atoms with Crippen LogP contribution in [0.15, 0.2) is 54.6 Å². The molecule has 1 N–H and O–H groups in total. The number of para-hydroxylation sites is 3. The van der Waals surface area contributed by atoms with Crippen LogP contribution in [0, 0.1) is 0 Å². The lowest BCUT2D eigenvalue weighted by atomic mass is 10.3. The number of nitrogens with one attached hydrogen (secondary N) is 1. The number of hydrogen-bond acceptors (Lipinski definition) is 2. The number of alkyl halides is 3. The van der Waals surface area contributed by atoms with Gasteiger partial charge in [0.25, 0.3) is 9.70 Å². The smallest absolute Gasteiger partial charge is 0.276 e. The molecule has 0 heterocycles. The van der Waals surface area contributed by atoms with E-state index in [0.717, 1.165) is 0 Å². The lowest BCUT2D eigenvalue weighted by Crippen LogP contribution is -2.27. The molecule has 104 valence electrons. The minimum absolute atomic E-state index is 0.424. The van der Waals surface area contributed by atoms with Crippen molar-refractivity contribution in [1.29, 1.82) is 0 Å². The first-order valence-corrected chi connectivity index (χ1v) is 6.80. The van der Waals surface area contributed by atoms with E-state index in [9.17, 15) is 4.79 Å². The fourth-order valence-electron chi connectivity index (χ4n) is 1.47. The molecular weight excluding hydrogens is 321 g/mol. The molecule has 0 aliphatic heterocycles. The van der Waals surface area contributed by atoms with Crippen LogP contribution >= 0.6 is 34.8 Å².